The number of nitrogens with one attached hydrogen (secondary N) is 1. The molecular formula is C117H184N11O3S+. The highest BCUT2D eigenvalue weighted by molar-refractivity contribution is 7.11. The molecule has 7 aliphatic carbocycles. The lowest BCUT2D eigenvalue weighted by Crippen LogP contribution is -2.45. The Bertz CT molecular complexity index is 4990. The third-order valence-corrected chi connectivity index (χ3v) is 38.2. The van der Waals surface area contributed by atoms with Crippen LogP contribution in [0.2, 0.25) is 0 Å². The quantitative estimate of drug-likeness (QED) is 0.107. The maximum atomic E-state index is 11.5. The van der Waals surface area contributed by atoms with Crippen LogP contribution in [0.5, 0.6) is 0 Å². The largest absolute Gasteiger partial charge is 0.381 e. The molecule has 9 aliphatic rings. The summed E-state index contributed by atoms with van der Waals surface area (Å²) < 4.78 is 17.2. The lowest BCUT2D eigenvalue weighted by molar-refractivity contribution is -0.776. The lowest BCUT2D eigenvalue weighted by Gasteiger charge is -2.51. The van der Waals surface area contributed by atoms with Crippen molar-refractivity contribution < 1.29 is 19.0 Å². The Labute approximate surface area is 806 Å². The van der Waals surface area contributed by atoms with Crippen LogP contribution in [0, 0.1) is 101 Å². The molecular weight excluding hydrogens is 1640 g/mol. The van der Waals surface area contributed by atoms with Gasteiger partial charge in [0.25, 0.3) is 0 Å². The van der Waals surface area contributed by atoms with Crippen LogP contribution < -0.4 is 4.68 Å². The summed E-state index contributed by atoms with van der Waals surface area (Å²) in [5.41, 5.74) is 22.6. The Balaban J connectivity index is 0.000000143. The average molecular weight is 1820 g/mol. The minimum Gasteiger partial charge on any atom is -0.381 e. The van der Waals surface area contributed by atoms with Crippen LogP contribution in [-0.4, -0.2) is 86.7 Å². The van der Waals surface area contributed by atoms with Crippen molar-refractivity contribution in [1.82, 2.24) is 48.7 Å². The molecule has 17 rings (SSSR count). The first kappa shape index (κ1) is 104. The number of pyridine rings is 1. The van der Waals surface area contributed by atoms with Crippen LogP contribution in [0.4, 0.5) is 0 Å². The number of aromatic amines is 1. The summed E-state index contributed by atoms with van der Waals surface area (Å²) in [4.78, 5) is 35.0. The van der Waals surface area contributed by atoms with Crippen LogP contribution >= 0.6 is 11.3 Å². The fourth-order valence-corrected chi connectivity index (χ4v) is 29.0. The minimum atomic E-state index is 0.201. The topological polar surface area (TPSA) is 138 Å². The van der Waals surface area contributed by atoms with Gasteiger partial charge in [-0.25, -0.2) is 9.67 Å². The van der Waals surface area contributed by atoms with Gasteiger partial charge in [0.05, 0.1) is 40.9 Å². The molecule has 2 aliphatic heterocycles. The number of Topliss-reactive ketones (excluding diaryl/α,β-unsaturated/α-hetero) is 1. The molecule has 132 heavy (non-hydrogen) atoms. The number of aromatic nitrogens is 10. The molecule has 1 saturated carbocycles. The first-order valence-electron chi connectivity index (χ1n) is 52.8. The number of hydrogen-bond donors (Lipinski definition) is 1. The van der Waals surface area contributed by atoms with Crippen molar-refractivity contribution in [2.45, 2.75) is 413 Å². The molecule has 1 N–H and O–H groups in total. The number of carbonyl (C=O) groups is 2. The van der Waals surface area contributed by atoms with Crippen molar-refractivity contribution in [3.05, 3.63) is 170 Å². The maximum Gasteiger partial charge on any atom is 0.219 e. The summed E-state index contributed by atoms with van der Waals surface area (Å²) in [5, 5.41) is 14.5. The van der Waals surface area contributed by atoms with Gasteiger partial charge in [0, 0.05) is 117 Å². The fourth-order valence-electron chi connectivity index (χ4n) is 27.7. The number of likely N-dealkylation sites (tertiary alicyclic amines) is 1. The molecule has 7 aromatic heterocycles. The normalized spacial score (nSPS) is 23.7. The standard InChI is InChI=1S/C20H33N3O.C20H28N2.C20H34N2.C20H28N2.C20H33NO.C17H27NOS/c1-14(2)20(15(3)4)9-6-19-17(12-20)13-23(21-19)18-7-10-22(11-8-18)16(5)24;1-15(2)20(19(3,4)5)10-6-18-16(14-20)9-13-22(18)17-7-11-21-12-8-17;2*1-15(2)20(19(3,4)5)12-11-18-16(13-20)14-22(21-18)17-9-7-6-8-10-17;1-15(2)20(19(3,4)5)10-6-18-16(14-20)7-11-21(18)17-8-12-22-13-9-17;1-11(2)17(16(4,5)6)8-7-13-14(10-17)20-15(18-13)9-12(3)19/h13-15,18H,6-12H2,1-5H3;7-9,11-13,15H,6,10,14H2,1-5H3;14-15,17H,6-13H2,1-5H3;6-10,14-15H,11-13H2,1-5H3;7,11,15,17H,6,8-10,12-14H2,1-5H3;11H,7-10H2,1-6H3/p+1. The number of aryl methyl sites for hydroxylation is 4. The predicted octanol–water partition coefficient (Wildman–Crippen LogP) is 28.4. The van der Waals surface area contributed by atoms with Crippen molar-refractivity contribution in [3.63, 3.8) is 0 Å². The molecule has 3 fully saturated rings. The number of benzene rings is 1. The zero-order valence-corrected chi connectivity index (χ0v) is 90.1. The number of piperidine rings is 1. The monoisotopic (exact) mass is 1820 g/mol. The number of rotatable bonds is 14. The Hall–Kier alpha value is -6.71. The van der Waals surface area contributed by atoms with E-state index in [-0.39, 0.29) is 11.7 Å². The van der Waals surface area contributed by atoms with Gasteiger partial charge in [0.15, 0.2) is 12.2 Å². The number of H-pyrrole nitrogens is 1. The third-order valence-electron chi connectivity index (χ3n) is 37.1. The van der Waals surface area contributed by atoms with E-state index < -0.39 is 0 Å². The molecule has 730 valence electrons. The Kier molecular flexibility index (Phi) is 32.8. The SMILES string of the molecule is CC(=O)Cc1nc2c(s1)CC(C(C)C)(C(C)(C)C)CC2.CC(=O)N1CCC(n2cc3c(n2)CCC(C(C)C)(C(C)C)C3)CC1.CC(C)C1(C(C)(C)C)CCc2[nH][n+](C3CCCCC3)cc2C1.CC(C)C1(C(C)(C)C)CCc2c(ccn2-c2ccncc2)C1.CC(C)C1(C(C)(C)C)CCc2c(ccn2C2CCOCC2)C1.CC(C)C1(C(C)(C)C)CCc2nn(-c3ccccc3)cc2C1. The van der Waals surface area contributed by atoms with Gasteiger partial charge < -0.3 is 18.8 Å². The summed E-state index contributed by atoms with van der Waals surface area (Å²) in [7, 11) is 0. The molecule has 15 heteroatoms. The van der Waals surface area contributed by atoms with Crippen LogP contribution in [-0.2, 0) is 97.8 Å². The van der Waals surface area contributed by atoms with Gasteiger partial charge >= 0.3 is 0 Å². The first-order chi connectivity index (χ1) is 61.9. The third kappa shape index (κ3) is 21.9. The smallest absolute Gasteiger partial charge is 0.219 e. The number of hydrogen-bond acceptors (Lipinski definition) is 8. The van der Waals surface area contributed by atoms with Crippen molar-refractivity contribution in [1.29, 1.82) is 0 Å². The number of para-hydroxylation sites is 1. The van der Waals surface area contributed by atoms with Crippen LogP contribution in [0.15, 0.2) is 98.0 Å². The Morgan fingerprint density at radius 2 is 0.939 bits per heavy atom. The maximum absolute atomic E-state index is 11.5. The molecule has 2 saturated heterocycles. The first-order valence-corrected chi connectivity index (χ1v) is 53.6. The highest BCUT2D eigenvalue weighted by Gasteiger charge is 2.53. The molecule has 8 aromatic rings. The molecule has 0 radical (unpaired) electrons. The van der Waals surface area contributed by atoms with E-state index in [1.165, 1.54) is 184 Å². The molecule has 1 aromatic carbocycles. The van der Waals surface area contributed by atoms with Gasteiger partial charge in [-0.2, -0.15) is 15.3 Å². The number of amides is 1. The second-order valence-electron chi connectivity index (χ2n) is 50.3. The van der Waals surface area contributed by atoms with Gasteiger partial charge in [0.2, 0.25) is 5.91 Å². The fraction of sp³-hybridized carbons (Fsp3) is 0.718. The number of fused-ring (bicyclic) bond motifs is 6. The summed E-state index contributed by atoms with van der Waals surface area (Å²) in [5.74, 6) is 5.32. The van der Waals surface area contributed by atoms with Crippen molar-refractivity contribution in [2.75, 3.05) is 26.3 Å². The van der Waals surface area contributed by atoms with E-state index in [1.54, 1.807) is 42.0 Å². The predicted molar refractivity (Wildman–Crippen MR) is 551 cm³/mol. The van der Waals surface area contributed by atoms with E-state index in [0.717, 1.165) is 99.8 Å². The van der Waals surface area contributed by atoms with Gasteiger partial charge in [-0.1, -0.05) is 225 Å². The van der Waals surface area contributed by atoms with E-state index in [2.05, 4.69) is 320 Å². The van der Waals surface area contributed by atoms with Crippen LogP contribution in [0.25, 0.3) is 11.4 Å². The lowest BCUT2D eigenvalue weighted by atomic mass is 9.54. The average Bonchev–Trinajstić information content (AvgIpc) is 1.50. The highest BCUT2D eigenvalue weighted by Crippen LogP contribution is 2.59. The zero-order valence-electron chi connectivity index (χ0n) is 89.2. The van der Waals surface area contributed by atoms with Gasteiger partial charge in [-0.3, -0.25) is 19.3 Å². The second-order valence-corrected chi connectivity index (χ2v) is 51.5. The molecule has 5 unspecified atom stereocenters. The number of ether oxygens (including phenoxy) is 1. The molecule has 1 amide bonds. The van der Waals surface area contributed by atoms with E-state index in [1.807, 2.05) is 17.3 Å². The summed E-state index contributed by atoms with van der Waals surface area (Å²) in [6.07, 6.45) is 49.0. The van der Waals surface area contributed by atoms with E-state index >= 15 is 0 Å². The van der Waals surface area contributed by atoms with Gasteiger partial charge in [-0.15, -0.1) is 16.0 Å². The molecule has 5 atom stereocenters. The number of thiazole rings is 1. The molecule has 14 nitrogen and oxygen atoms in total. The number of ketones is 1. The van der Waals surface area contributed by atoms with Gasteiger partial charge in [-0.05, 0) is 321 Å². The number of carbonyl (C=O) groups excluding carboxylic acids is 2. The van der Waals surface area contributed by atoms with E-state index in [4.69, 9.17) is 19.9 Å². The van der Waals surface area contributed by atoms with Crippen LogP contribution in [0.3, 0.4) is 0 Å². The Morgan fingerprint density at radius 1 is 0.470 bits per heavy atom. The molecule has 9 heterocycles. The van der Waals surface area contributed by atoms with Crippen molar-refractivity contribution >= 4 is 23.0 Å². The van der Waals surface area contributed by atoms with Crippen molar-refractivity contribution in [3.8, 4) is 11.4 Å². The summed E-state index contributed by atoms with van der Waals surface area (Å²) in [6.45, 7) is 76.6. The summed E-state index contributed by atoms with van der Waals surface area (Å²) >= 11 is 1.77. The second kappa shape index (κ2) is 41.5. The van der Waals surface area contributed by atoms with Crippen molar-refractivity contribution in [2.24, 2.45) is 101 Å². The molecule has 0 spiro atoms. The number of nitrogens with zero attached hydrogens (tertiary/aromatic N) is 10. The highest BCUT2D eigenvalue weighted by atomic mass is 32.1. The summed E-state index contributed by atoms with van der Waals surface area (Å²) in [6, 6.07) is 21.2. The van der Waals surface area contributed by atoms with E-state index in [9.17, 15) is 9.59 Å². The minimum absolute atomic E-state index is 0.201. The van der Waals surface area contributed by atoms with E-state index in [0.29, 0.717) is 108 Å². The van der Waals surface area contributed by atoms with Gasteiger partial charge in [0.1, 0.15) is 10.8 Å². The molecule has 0 bridgehead atoms. The van der Waals surface area contributed by atoms with Crippen LogP contribution in [0.1, 0.15) is 401 Å². The zero-order chi connectivity index (χ0) is 96.4. The Morgan fingerprint density at radius 3 is 1.46 bits per heavy atom.